The zero-order valence-electron chi connectivity index (χ0n) is 17.8. The average Bonchev–Trinajstić information content (AvgIpc) is 3.25. The first-order valence-corrected chi connectivity index (χ1v) is 10.6. The summed E-state index contributed by atoms with van der Waals surface area (Å²) in [6.07, 6.45) is 1.21. The van der Waals surface area contributed by atoms with Gasteiger partial charge in [0.25, 0.3) is 5.91 Å². The number of ether oxygens (including phenoxy) is 3. The molecule has 166 valence electrons. The standard InChI is InChI=1S/C24H24N2O6/c1-29-17-6-7-18-16(14-30-21(18)13-17)12-23(27)25-8-10-26(11-9-25)24(28)22-15-31-19-4-2-3-5-20(19)32-22/h2-7,13-14,22H,8-12,15H2,1H3/t22-/m0/s1. The van der Waals surface area contributed by atoms with Crippen LogP contribution in [0.5, 0.6) is 17.2 Å². The number of carbonyl (C=O) groups is 2. The topological polar surface area (TPSA) is 81.5 Å². The SMILES string of the molecule is COc1ccc2c(CC(=O)N3CCN(C(=O)[C@@H]4COc5ccccc5O4)CC3)coc2c1. The van der Waals surface area contributed by atoms with E-state index in [1.165, 1.54) is 0 Å². The highest BCUT2D eigenvalue weighted by Gasteiger charge is 2.33. The molecule has 2 amide bonds. The Bertz CT molecular complexity index is 1150. The summed E-state index contributed by atoms with van der Waals surface area (Å²) in [7, 11) is 1.60. The fourth-order valence-electron chi connectivity index (χ4n) is 4.12. The van der Waals surface area contributed by atoms with Gasteiger partial charge in [0, 0.05) is 43.2 Å². The maximum Gasteiger partial charge on any atom is 0.267 e. The number of methoxy groups -OCH3 is 1. The van der Waals surface area contributed by atoms with E-state index in [1.54, 1.807) is 29.2 Å². The molecule has 2 aliphatic heterocycles. The number of furan rings is 1. The van der Waals surface area contributed by atoms with Gasteiger partial charge in [0.05, 0.1) is 19.8 Å². The molecule has 0 unspecified atom stereocenters. The summed E-state index contributed by atoms with van der Waals surface area (Å²) in [5.74, 6) is 1.84. The number of para-hydroxylation sites is 2. The number of fused-ring (bicyclic) bond motifs is 2. The van der Waals surface area contributed by atoms with Gasteiger partial charge < -0.3 is 28.4 Å². The van der Waals surface area contributed by atoms with Crippen LogP contribution in [0.25, 0.3) is 11.0 Å². The summed E-state index contributed by atoms with van der Waals surface area (Å²) in [5.41, 5.74) is 1.54. The van der Waals surface area contributed by atoms with Gasteiger partial charge in [0.15, 0.2) is 11.5 Å². The van der Waals surface area contributed by atoms with E-state index in [1.807, 2.05) is 36.4 Å². The van der Waals surface area contributed by atoms with E-state index in [0.29, 0.717) is 49.0 Å². The molecule has 32 heavy (non-hydrogen) atoms. The van der Waals surface area contributed by atoms with Crippen LogP contribution >= 0.6 is 0 Å². The van der Waals surface area contributed by atoms with Crippen LogP contribution in [0, 0.1) is 0 Å². The van der Waals surface area contributed by atoms with Crippen molar-refractivity contribution in [3.05, 3.63) is 54.3 Å². The zero-order valence-corrected chi connectivity index (χ0v) is 17.8. The molecule has 1 saturated heterocycles. The van der Waals surface area contributed by atoms with Crippen molar-refractivity contribution in [2.24, 2.45) is 0 Å². The minimum Gasteiger partial charge on any atom is -0.497 e. The maximum atomic E-state index is 12.9. The predicted octanol–water partition coefficient (Wildman–Crippen LogP) is 2.49. The Morgan fingerprint density at radius 2 is 1.78 bits per heavy atom. The molecule has 1 aromatic heterocycles. The molecule has 2 aliphatic rings. The quantitative estimate of drug-likeness (QED) is 0.625. The van der Waals surface area contributed by atoms with Crippen molar-refractivity contribution in [1.29, 1.82) is 0 Å². The second-order valence-corrected chi connectivity index (χ2v) is 7.87. The Balaban J connectivity index is 1.17. The van der Waals surface area contributed by atoms with Crippen LogP contribution < -0.4 is 14.2 Å². The highest BCUT2D eigenvalue weighted by Crippen LogP contribution is 2.31. The second-order valence-electron chi connectivity index (χ2n) is 7.87. The van der Waals surface area contributed by atoms with Gasteiger partial charge in [-0.15, -0.1) is 0 Å². The Morgan fingerprint density at radius 3 is 2.56 bits per heavy atom. The van der Waals surface area contributed by atoms with Crippen LogP contribution in [0.15, 0.2) is 53.1 Å². The third kappa shape index (κ3) is 3.84. The molecular weight excluding hydrogens is 412 g/mol. The number of hydrogen-bond acceptors (Lipinski definition) is 6. The molecule has 8 nitrogen and oxygen atoms in total. The first-order valence-electron chi connectivity index (χ1n) is 10.6. The zero-order chi connectivity index (χ0) is 22.1. The summed E-state index contributed by atoms with van der Waals surface area (Å²) in [5, 5.41) is 0.905. The van der Waals surface area contributed by atoms with Crippen LogP contribution in [0.3, 0.4) is 0 Å². The van der Waals surface area contributed by atoms with Crippen molar-refractivity contribution in [3.8, 4) is 17.2 Å². The monoisotopic (exact) mass is 436 g/mol. The molecule has 0 aliphatic carbocycles. The molecule has 3 heterocycles. The number of carbonyl (C=O) groups excluding carboxylic acids is 2. The van der Waals surface area contributed by atoms with E-state index >= 15 is 0 Å². The number of hydrogen-bond donors (Lipinski definition) is 0. The van der Waals surface area contributed by atoms with E-state index in [0.717, 1.165) is 10.9 Å². The summed E-state index contributed by atoms with van der Waals surface area (Å²) in [6.45, 7) is 2.09. The molecule has 5 rings (SSSR count). The average molecular weight is 436 g/mol. The smallest absolute Gasteiger partial charge is 0.267 e. The molecule has 3 aromatic rings. The molecule has 8 heteroatoms. The molecule has 0 radical (unpaired) electrons. The lowest BCUT2D eigenvalue weighted by molar-refractivity contribution is -0.146. The highest BCUT2D eigenvalue weighted by molar-refractivity contribution is 5.88. The predicted molar refractivity (Wildman–Crippen MR) is 116 cm³/mol. The van der Waals surface area contributed by atoms with Gasteiger partial charge in [-0.1, -0.05) is 12.1 Å². The minimum atomic E-state index is -0.665. The van der Waals surface area contributed by atoms with E-state index in [4.69, 9.17) is 18.6 Å². The maximum absolute atomic E-state index is 12.9. The highest BCUT2D eigenvalue weighted by atomic mass is 16.6. The van der Waals surface area contributed by atoms with Crippen LogP contribution in [-0.2, 0) is 16.0 Å². The van der Waals surface area contributed by atoms with E-state index in [9.17, 15) is 9.59 Å². The lowest BCUT2D eigenvalue weighted by Crippen LogP contribution is -2.55. The van der Waals surface area contributed by atoms with Crippen LogP contribution in [0.1, 0.15) is 5.56 Å². The van der Waals surface area contributed by atoms with Crippen molar-refractivity contribution >= 4 is 22.8 Å². The number of nitrogens with zero attached hydrogens (tertiary/aromatic N) is 2. The van der Waals surface area contributed by atoms with E-state index in [2.05, 4.69) is 0 Å². The fourth-order valence-corrected chi connectivity index (χ4v) is 4.12. The molecule has 1 atom stereocenters. The van der Waals surface area contributed by atoms with Crippen molar-refractivity contribution in [3.63, 3.8) is 0 Å². The number of benzene rings is 2. The minimum absolute atomic E-state index is 0.0156. The van der Waals surface area contributed by atoms with Gasteiger partial charge >= 0.3 is 0 Å². The third-order valence-corrected chi connectivity index (χ3v) is 5.93. The van der Waals surface area contributed by atoms with Gasteiger partial charge in [0.2, 0.25) is 12.0 Å². The van der Waals surface area contributed by atoms with Crippen LogP contribution in [0.2, 0.25) is 0 Å². The largest absolute Gasteiger partial charge is 0.497 e. The summed E-state index contributed by atoms with van der Waals surface area (Å²) in [4.78, 5) is 29.3. The molecule has 1 fully saturated rings. The van der Waals surface area contributed by atoms with Gasteiger partial charge in [-0.25, -0.2) is 0 Å². The Kier molecular flexibility index (Phi) is 5.34. The van der Waals surface area contributed by atoms with Crippen molar-refractivity contribution < 1.29 is 28.2 Å². The van der Waals surface area contributed by atoms with Gasteiger partial charge in [-0.05, 0) is 24.3 Å². The number of amides is 2. The number of piperazine rings is 1. The van der Waals surface area contributed by atoms with Crippen molar-refractivity contribution in [2.75, 3.05) is 39.9 Å². The second kappa shape index (κ2) is 8.45. The lowest BCUT2D eigenvalue weighted by Gasteiger charge is -2.37. The molecule has 0 bridgehead atoms. The summed E-state index contributed by atoms with van der Waals surface area (Å²) < 4.78 is 22.3. The van der Waals surface area contributed by atoms with Crippen molar-refractivity contribution in [2.45, 2.75) is 12.5 Å². The number of rotatable bonds is 4. The molecule has 0 spiro atoms. The first kappa shape index (κ1) is 20.2. The van der Waals surface area contributed by atoms with Gasteiger partial charge in [-0.3, -0.25) is 9.59 Å². The molecule has 2 aromatic carbocycles. The van der Waals surface area contributed by atoms with E-state index < -0.39 is 6.10 Å². The fraction of sp³-hybridized carbons (Fsp3) is 0.333. The summed E-state index contributed by atoms with van der Waals surface area (Å²) in [6, 6.07) is 12.9. The molecule has 0 N–H and O–H groups in total. The van der Waals surface area contributed by atoms with Crippen LogP contribution in [0.4, 0.5) is 0 Å². The van der Waals surface area contributed by atoms with Crippen molar-refractivity contribution in [1.82, 2.24) is 9.80 Å². The van der Waals surface area contributed by atoms with Gasteiger partial charge in [-0.2, -0.15) is 0 Å². The van der Waals surface area contributed by atoms with Crippen LogP contribution in [-0.4, -0.2) is 67.6 Å². The summed E-state index contributed by atoms with van der Waals surface area (Å²) >= 11 is 0. The third-order valence-electron chi connectivity index (χ3n) is 5.93. The lowest BCUT2D eigenvalue weighted by atomic mass is 10.1. The molecular formula is C24H24N2O6. The normalized spacial score (nSPS) is 18.0. The Morgan fingerprint density at radius 1 is 1.03 bits per heavy atom. The Hall–Kier alpha value is -3.68. The Labute approximate surface area is 185 Å². The molecule has 0 saturated carbocycles. The van der Waals surface area contributed by atoms with E-state index in [-0.39, 0.29) is 24.8 Å². The first-order chi connectivity index (χ1) is 15.6. The van der Waals surface area contributed by atoms with Gasteiger partial charge in [0.1, 0.15) is 17.9 Å².